The van der Waals surface area contributed by atoms with Crippen LogP contribution in [0.4, 0.5) is 0 Å². The zero-order valence-corrected chi connectivity index (χ0v) is 10.2. The largest absolute Gasteiger partial charge is 0.490 e. The molecule has 1 aromatic rings. The molecule has 0 saturated carbocycles. The summed E-state index contributed by atoms with van der Waals surface area (Å²) in [5, 5.41) is 0. The second-order valence-electron chi connectivity index (χ2n) is 3.43. The lowest BCUT2D eigenvalue weighted by Gasteiger charge is -2.11. The summed E-state index contributed by atoms with van der Waals surface area (Å²) < 4.78 is 15.5. The molecule has 0 saturated heterocycles. The number of rotatable bonds is 7. The van der Waals surface area contributed by atoms with Crippen LogP contribution in [0.2, 0.25) is 0 Å². The van der Waals surface area contributed by atoms with Crippen LogP contribution in [0.5, 0.6) is 5.75 Å². The van der Waals surface area contributed by atoms with E-state index in [-0.39, 0.29) is 12.6 Å². The molecule has 0 aromatic heterocycles. The standard InChI is InChI=1S/C13H18O4/c1-3-15-11(2)13(14)17-10-9-16-12-7-5-4-6-8-12/h4-8,11H,3,9-10H2,1-2H3. The van der Waals surface area contributed by atoms with Crippen molar-refractivity contribution in [1.82, 2.24) is 0 Å². The molecule has 0 fully saturated rings. The molecule has 0 aliphatic heterocycles. The molecule has 0 aliphatic carbocycles. The predicted molar refractivity (Wildman–Crippen MR) is 64.0 cm³/mol. The van der Waals surface area contributed by atoms with Gasteiger partial charge in [0.25, 0.3) is 0 Å². The van der Waals surface area contributed by atoms with Crippen LogP contribution in [0.15, 0.2) is 30.3 Å². The van der Waals surface area contributed by atoms with Gasteiger partial charge in [-0.1, -0.05) is 18.2 Å². The van der Waals surface area contributed by atoms with Crippen LogP contribution >= 0.6 is 0 Å². The second kappa shape index (κ2) is 7.68. The molecule has 0 heterocycles. The molecule has 17 heavy (non-hydrogen) atoms. The molecule has 0 spiro atoms. The van der Waals surface area contributed by atoms with E-state index in [1.807, 2.05) is 37.3 Å². The number of carbonyl (C=O) groups excluding carboxylic acids is 1. The third-order valence-corrected chi connectivity index (χ3v) is 2.09. The molecule has 1 aromatic carbocycles. The maximum absolute atomic E-state index is 11.3. The van der Waals surface area contributed by atoms with Crippen LogP contribution in [0.3, 0.4) is 0 Å². The van der Waals surface area contributed by atoms with E-state index in [0.717, 1.165) is 5.75 Å². The lowest BCUT2D eigenvalue weighted by molar-refractivity contribution is -0.156. The Morgan fingerprint density at radius 2 is 1.94 bits per heavy atom. The van der Waals surface area contributed by atoms with Gasteiger partial charge in [0, 0.05) is 6.61 Å². The maximum Gasteiger partial charge on any atom is 0.335 e. The average molecular weight is 238 g/mol. The van der Waals surface area contributed by atoms with E-state index in [1.54, 1.807) is 6.92 Å². The molecule has 0 bridgehead atoms. The van der Waals surface area contributed by atoms with Crippen molar-refractivity contribution in [2.45, 2.75) is 20.0 Å². The zero-order chi connectivity index (χ0) is 12.5. The molecular weight excluding hydrogens is 220 g/mol. The van der Waals surface area contributed by atoms with Gasteiger partial charge in [-0.25, -0.2) is 4.79 Å². The number of benzene rings is 1. The molecule has 0 amide bonds. The molecule has 1 atom stereocenters. The van der Waals surface area contributed by atoms with Crippen molar-refractivity contribution in [3.05, 3.63) is 30.3 Å². The van der Waals surface area contributed by atoms with Gasteiger partial charge in [0.1, 0.15) is 19.0 Å². The van der Waals surface area contributed by atoms with Crippen molar-refractivity contribution in [3.63, 3.8) is 0 Å². The molecule has 0 aliphatic rings. The topological polar surface area (TPSA) is 44.8 Å². The third-order valence-electron chi connectivity index (χ3n) is 2.09. The Balaban J connectivity index is 2.14. The molecule has 1 rings (SSSR count). The van der Waals surface area contributed by atoms with E-state index in [9.17, 15) is 4.79 Å². The maximum atomic E-state index is 11.3. The van der Waals surface area contributed by atoms with Crippen molar-refractivity contribution in [2.75, 3.05) is 19.8 Å². The van der Waals surface area contributed by atoms with Crippen molar-refractivity contribution in [3.8, 4) is 5.75 Å². The Morgan fingerprint density at radius 1 is 1.24 bits per heavy atom. The van der Waals surface area contributed by atoms with Crippen molar-refractivity contribution >= 4 is 5.97 Å². The zero-order valence-electron chi connectivity index (χ0n) is 10.2. The van der Waals surface area contributed by atoms with Gasteiger partial charge in [-0.3, -0.25) is 0 Å². The van der Waals surface area contributed by atoms with Crippen molar-refractivity contribution < 1.29 is 19.0 Å². The van der Waals surface area contributed by atoms with Crippen LogP contribution in [0.25, 0.3) is 0 Å². The number of ether oxygens (including phenoxy) is 3. The fourth-order valence-corrected chi connectivity index (χ4v) is 1.25. The highest BCUT2D eigenvalue weighted by molar-refractivity contribution is 5.74. The summed E-state index contributed by atoms with van der Waals surface area (Å²) in [5.74, 6) is 0.407. The Labute approximate surface area is 101 Å². The summed E-state index contributed by atoms with van der Waals surface area (Å²) >= 11 is 0. The number of hydrogen-bond donors (Lipinski definition) is 0. The summed E-state index contributed by atoms with van der Waals surface area (Å²) in [6, 6.07) is 9.39. The van der Waals surface area contributed by atoms with Crippen LogP contribution in [0, 0.1) is 0 Å². The van der Waals surface area contributed by atoms with E-state index < -0.39 is 6.10 Å². The van der Waals surface area contributed by atoms with Gasteiger partial charge < -0.3 is 14.2 Å². The minimum absolute atomic E-state index is 0.227. The van der Waals surface area contributed by atoms with Gasteiger partial charge in [0.2, 0.25) is 0 Å². The van der Waals surface area contributed by atoms with Crippen LogP contribution < -0.4 is 4.74 Å². The lowest BCUT2D eigenvalue weighted by atomic mass is 10.3. The van der Waals surface area contributed by atoms with Gasteiger partial charge >= 0.3 is 5.97 Å². The fourth-order valence-electron chi connectivity index (χ4n) is 1.25. The Hall–Kier alpha value is -1.55. The Bertz CT molecular complexity index is 323. The van der Waals surface area contributed by atoms with Gasteiger partial charge in [0.05, 0.1) is 0 Å². The van der Waals surface area contributed by atoms with Gasteiger partial charge in [-0.05, 0) is 26.0 Å². The first-order valence-electron chi connectivity index (χ1n) is 5.70. The minimum Gasteiger partial charge on any atom is -0.490 e. The first-order valence-corrected chi connectivity index (χ1v) is 5.70. The number of esters is 1. The van der Waals surface area contributed by atoms with E-state index >= 15 is 0 Å². The molecule has 94 valence electrons. The molecule has 4 nitrogen and oxygen atoms in total. The molecule has 0 N–H and O–H groups in total. The van der Waals surface area contributed by atoms with Crippen LogP contribution in [-0.4, -0.2) is 31.9 Å². The number of hydrogen-bond acceptors (Lipinski definition) is 4. The van der Waals surface area contributed by atoms with Crippen molar-refractivity contribution in [1.29, 1.82) is 0 Å². The highest BCUT2D eigenvalue weighted by atomic mass is 16.6. The molecule has 0 radical (unpaired) electrons. The van der Waals surface area contributed by atoms with Gasteiger partial charge in [-0.15, -0.1) is 0 Å². The monoisotopic (exact) mass is 238 g/mol. The van der Waals surface area contributed by atoms with E-state index in [1.165, 1.54) is 0 Å². The third kappa shape index (κ3) is 5.36. The Kier molecular flexibility index (Phi) is 6.10. The summed E-state index contributed by atoms with van der Waals surface area (Å²) in [5.41, 5.74) is 0. The minimum atomic E-state index is -0.517. The van der Waals surface area contributed by atoms with Crippen LogP contribution in [-0.2, 0) is 14.3 Å². The predicted octanol–water partition coefficient (Wildman–Crippen LogP) is 2.03. The summed E-state index contributed by atoms with van der Waals surface area (Å²) in [6.45, 7) is 4.57. The SMILES string of the molecule is CCOC(C)C(=O)OCCOc1ccccc1. The average Bonchev–Trinajstić information content (AvgIpc) is 2.36. The van der Waals surface area contributed by atoms with E-state index in [4.69, 9.17) is 14.2 Å². The Morgan fingerprint density at radius 3 is 2.59 bits per heavy atom. The smallest absolute Gasteiger partial charge is 0.335 e. The fraction of sp³-hybridized carbons (Fsp3) is 0.462. The van der Waals surface area contributed by atoms with Crippen molar-refractivity contribution in [2.24, 2.45) is 0 Å². The summed E-state index contributed by atoms with van der Waals surface area (Å²) in [6.07, 6.45) is -0.517. The van der Waals surface area contributed by atoms with Crippen LogP contribution in [0.1, 0.15) is 13.8 Å². The molecule has 4 heteroatoms. The van der Waals surface area contributed by atoms with E-state index in [0.29, 0.717) is 13.2 Å². The van der Waals surface area contributed by atoms with E-state index in [2.05, 4.69) is 0 Å². The second-order valence-corrected chi connectivity index (χ2v) is 3.43. The normalized spacial score (nSPS) is 11.9. The lowest BCUT2D eigenvalue weighted by Crippen LogP contribution is -2.25. The van der Waals surface area contributed by atoms with Gasteiger partial charge in [-0.2, -0.15) is 0 Å². The highest BCUT2D eigenvalue weighted by Crippen LogP contribution is 2.07. The first kappa shape index (κ1) is 13.5. The first-order chi connectivity index (χ1) is 8.24. The quantitative estimate of drug-likeness (QED) is 0.538. The molecular formula is C13H18O4. The van der Waals surface area contributed by atoms with Gasteiger partial charge in [0.15, 0.2) is 6.10 Å². The number of para-hydroxylation sites is 1. The highest BCUT2D eigenvalue weighted by Gasteiger charge is 2.13. The number of carbonyl (C=O) groups is 1. The summed E-state index contributed by atoms with van der Waals surface area (Å²) in [7, 11) is 0. The summed E-state index contributed by atoms with van der Waals surface area (Å²) in [4.78, 5) is 11.3. The molecule has 1 unspecified atom stereocenters.